The Bertz CT molecular complexity index is 1090. The van der Waals surface area contributed by atoms with Gasteiger partial charge in [0.15, 0.2) is 12.4 Å². The van der Waals surface area contributed by atoms with Gasteiger partial charge in [-0.15, -0.1) is 0 Å². The van der Waals surface area contributed by atoms with E-state index in [0.29, 0.717) is 15.7 Å². The van der Waals surface area contributed by atoms with Gasteiger partial charge in [-0.05, 0) is 79.4 Å². The Morgan fingerprint density at radius 3 is 2.40 bits per heavy atom. The maximum absolute atomic E-state index is 12.2. The summed E-state index contributed by atoms with van der Waals surface area (Å²) in [6.07, 6.45) is 1.69. The van der Waals surface area contributed by atoms with Crippen molar-refractivity contribution in [2.45, 2.75) is 20.8 Å². The Morgan fingerprint density at radius 1 is 1.00 bits per heavy atom. The first kappa shape index (κ1) is 21.9. The smallest absolute Gasteiger partial charge is 0.262 e. The first-order valence-electron chi connectivity index (χ1n) is 9.41. The summed E-state index contributed by atoms with van der Waals surface area (Å²) in [5.74, 6) is -0.0332. The number of amides is 1. The van der Waals surface area contributed by atoms with Crippen molar-refractivity contribution in [2.24, 2.45) is 4.99 Å². The fourth-order valence-corrected chi connectivity index (χ4v) is 3.42. The number of benzene rings is 3. The third-order valence-electron chi connectivity index (χ3n) is 4.52. The highest BCUT2D eigenvalue weighted by atomic mass is 35.5. The first-order chi connectivity index (χ1) is 14.3. The minimum absolute atomic E-state index is 0.205. The zero-order valence-electron chi connectivity index (χ0n) is 17.0. The SMILES string of the molecule is Cc1cccc(NC(=O)COc2c(Cl)cc(C=Nc3ccc(C)c(C)c3)cc2Cl)c1. The number of anilines is 1. The van der Waals surface area contributed by atoms with Gasteiger partial charge >= 0.3 is 0 Å². The van der Waals surface area contributed by atoms with Crippen molar-refractivity contribution in [3.05, 3.63) is 86.9 Å². The van der Waals surface area contributed by atoms with Gasteiger partial charge in [0.2, 0.25) is 0 Å². The van der Waals surface area contributed by atoms with Gasteiger partial charge in [0.25, 0.3) is 5.91 Å². The monoisotopic (exact) mass is 440 g/mol. The molecule has 3 aromatic rings. The number of hydrogen-bond donors (Lipinski definition) is 1. The van der Waals surface area contributed by atoms with Crippen molar-refractivity contribution in [2.75, 3.05) is 11.9 Å². The summed E-state index contributed by atoms with van der Waals surface area (Å²) >= 11 is 12.6. The summed E-state index contributed by atoms with van der Waals surface area (Å²) in [5, 5.41) is 3.40. The summed E-state index contributed by atoms with van der Waals surface area (Å²) in [6, 6.07) is 16.9. The highest BCUT2D eigenvalue weighted by molar-refractivity contribution is 6.37. The van der Waals surface area contributed by atoms with Crippen LogP contribution in [0.2, 0.25) is 10.0 Å². The molecule has 0 aromatic heterocycles. The van der Waals surface area contributed by atoms with Gasteiger partial charge in [-0.1, -0.05) is 41.4 Å². The van der Waals surface area contributed by atoms with Crippen molar-refractivity contribution >= 4 is 46.7 Å². The molecule has 0 radical (unpaired) electrons. The first-order valence-corrected chi connectivity index (χ1v) is 10.2. The molecular formula is C24H22Cl2N2O2. The lowest BCUT2D eigenvalue weighted by atomic mass is 10.1. The van der Waals surface area contributed by atoms with E-state index in [9.17, 15) is 4.79 Å². The number of nitrogens with zero attached hydrogens (tertiary/aromatic N) is 1. The Labute approximate surface area is 186 Å². The van der Waals surface area contributed by atoms with E-state index in [1.165, 1.54) is 11.1 Å². The molecule has 154 valence electrons. The summed E-state index contributed by atoms with van der Waals surface area (Å²) < 4.78 is 5.56. The molecule has 1 N–H and O–H groups in total. The van der Waals surface area contributed by atoms with E-state index in [4.69, 9.17) is 27.9 Å². The van der Waals surface area contributed by atoms with Crippen LogP contribution in [0.3, 0.4) is 0 Å². The van der Waals surface area contributed by atoms with Crippen LogP contribution < -0.4 is 10.1 Å². The third-order valence-corrected chi connectivity index (χ3v) is 5.08. The molecule has 3 rings (SSSR count). The molecule has 0 unspecified atom stereocenters. The van der Waals surface area contributed by atoms with Gasteiger partial charge in [0, 0.05) is 11.9 Å². The quantitative estimate of drug-likeness (QED) is 0.434. The van der Waals surface area contributed by atoms with Crippen LogP contribution in [0, 0.1) is 20.8 Å². The van der Waals surface area contributed by atoms with Crippen LogP contribution in [-0.2, 0) is 4.79 Å². The topological polar surface area (TPSA) is 50.7 Å². The van der Waals surface area contributed by atoms with Crippen molar-refractivity contribution in [3.8, 4) is 5.75 Å². The lowest BCUT2D eigenvalue weighted by molar-refractivity contribution is -0.118. The normalized spacial score (nSPS) is 11.0. The lowest BCUT2D eigenvalue weighted by Gasteiger charge is -2.11. The number of aliphatic imine (C=N–C) groups is 1. The molecule has 3 aromatic carbocycles. The molecule has 0 aliphatic carbocycles. The van der Waals surface area contributed by atoms with Crippen molar-refractivity contribution < 1.29 is 9.53 Å². The fourth-order valence-electron chi connectivity index (χ4n) is 2.80. The van der Waals surface area contributed by atoms with Crippen LogP contribution in [0.25, 0.3) is 0 Å². The molecule has 0 saturated carbocycles. The van der Waals surface area contributed by atoms with Crippen molar-refractivity contribution in [1.82, 2.24) is 0 Å². The second-order valence-corrected chi connectivity index (χ2v) is 7.86. The number of aryl methyl sites for hydroxylation is 3. The van der Waals surface area contributed by atoms with Crippen LogP contribution in [-0.4, -0.2) is 18.7 Å². The van der Waals surface area contributed by atoms with E-state index in [2.05, 4.69) is 17.2 Å². The van der Waals surface area contributed by atoms with E-state index in [0.717, 1.165) is 16.8 Å². The minimum Gasteiger partial charge on any atom is -0.481 e. The number of rotatable bonds is 6. The van der Waals surface area contributed by atoms with Gasteiger partial charge in [-0.2, -0.15) is 0 Å². The Balaban J connectivity index is 1.66. The molecule has 0 aliphatic heterocycles. The minimum atomic E-state index is -0.298. The number of carbonyl (C=O) groups is 1. The number of carbonyl (C=O) groups excluding carboxylic acids is 1. The zero-order valence-corrected chi connectivity index (χ0v) is 18.5. The molecule has 0 heterocycles. The highest BCUT2D eigenvalue weighted by Crippen LogP contribution is 2.34. The number of hydrogen-bond acceptors (Lipinski definition) is 3. The Kier molecular flexibility index (Phi) is 7.14. The molecule has 6 heteroatoms. The molecular weight excluding hydrogens is 419 g/mol. The van der Waals surface area contributed by atoms with Crippen LogP contribution in [0.15, 0.2) is 59.6 Å². The van der Waals surface area contributed by atoms with Crippen LogP contribution in [0.4, 0.5) is 11.4 Å². The molecule has 0 spiro atoms. The molecule has 0 bridgehead atoms. The zero-order chi connectivity index (χ0) is 21.7. The highest BCUT2D eigenvalue weighted by Gasteiger charge is 2.12. The summed E-state index contributed by atoms with van der Waals surface area (Å²) in [7, 11) is 0. The average molecular weight is 441 g/mol. The largest absolute Gasteiger partial charge is 0.481 e. The van der Waals surface area contributed by atoms with Gasteiger partial charge in [0.05, 0.1) is 15.7 Å². The second kappa shape index (κ2) is 9.79. The number of nitrogens with one attached hydrogen (secondary N) is 1. The van der Waals surface area contributed by atoms with Crippen LogP contribution in [0.1, 0.15) is 22.3 Å². The van der Waals surface area contributed by atoms with Crippen molar-refractivity contribution in [1.29, 1.82) is 0 Å². The van der Waals surface area contributed by atoms with Crippen molar-refractivity contribution in [3.63, 3.8) is 0 Å². The fraction of sp³-hybridized carbons (Fsp3) is 0.167. The van der Waals surface area contributed by atoms with E-state index >= 15 is 0 Å². The van der Waals surface area contributed by atoms with Crippen LogP contribution >= 0.6 is 23.2 Å². The van der Waals surface area contributed by atoms with Gasteiger partial charge < -0.3 is 10.1 Å². The standard InChI is InChI=1S/C24H22Cl2N2O2/c1-15-5-4-6-20(9-15)28-23(29)14-30-24-21(25)11-18(12-22(24)26)13-27-19-8-7-16(2)17(3)10-19/h4-13H,14H2,1-3H3,(H,28,29). The van der Waals surface area contributed by atoms with E-state index in [1.54, 1.807) is 18.3 Å². The maximum atomic E-state index is 12.2. The average Bonchev–Trinajstić information content (AvgIpc) is 2.68. The predicted molar refractivity (Wildman–Crippen MR) is 125 cm³/mol. The molecule has 1 amide bonds. The van der Waals surface area contributed by atoms with Crippen LogP contribution in [0.5, 0.6) is 5.75 Å². The molecule has 30 heavy (non-hydrogen) atoms. The van der Waals surface area contributed by atoms with E-state index < -0.39 is 0 Å². The second-order valence-electron chi connectivity index (χ2n) is 7.05. The van der Waals surface area contributed by atoms with E-state index in [-0.39, 0.29) is 18.3 Å². The summed E-state index contributed by atoms with van der Waals surface area (Å²) in [5.41, 5.74) is 5.73. The Morgan fingerprint density at radius 2 is 1.73 bits per heavy atom. The molecule has 0 fully saturated rings. The maximum Gasteiger partial charge on any atom is 0.262 e. The van der Waals surface area contributed by atoms with E-state index in [1.807, 2.05) is 56.3 Å². The molecule has 4 nitrogen and oxygen atoms in total. The molecule has 0 atom stereocenters. The third kappa shape index (κ3) is 5.85. The summed E-state index contributed by atoms with van der Waals surface area (Å²) in [6.45, 7) is 5.85. The van der Waals surface area contributed by atoms with Gasteiger partial charge in [0.1, 0.15) is 0 Å². The lowest BCUT2D eigenvalue weighted by Crippen LogP contribution is -2.20. The van der Waals surface area contributed by atoms with Gasteiger partial charge in [-0.25, -0.2) is 0 Å². The number of halogens is 2. The molecule has 0 saturated heterocycles. The molecule has 0 aliphatic rings. The Hall–Kier alpha value is -2.82. The number of ether oxygens (including phenoxy) is 1. The van der Waals surface area contributed by atoms with Gasteiger partial charge in [-0.3, -0.25) is 9.79 Å². The summed E-state index contributed by atoms with van der Waals surface area (Å²) in [4.78, 5) is 16.6. The predicted octanol–water partition coefficient (Wildman–Crippen LogP) is 6.69.